The summed E-state index contributed by atoms with van der Waals surface area (Å²) in [7, 11) is 0. The van der Waals surface area contributed by atoms with Gasteiger partial charge in [-0.25, -0.2) is 0 Å². The number of esters is 3. The fourth-order valence-corrected chi connectivity index (χ4v) is 7.59. The van der Waals surface area contributed by atoms with Gasteiger partial charge in [-0.05, 0) is 89.9 Å². The molecule has 6 nitrogen and oxygen atoms in total. The predicted molar refractivity (Wildman–Crippen MR) is 302 cm³/mol. The van der Waals surface area contributed by atoms with Crippen LogP contribution in [0.3, 0.4) is 0 Å². The molecule has 0 aromatic carbocycles. The first-order chi connectivity index (χ1) is 34.5. The number of rotatable bonds is 50. The molecule has 0 aliphatic rings. The Kier molecular flexibility index (Phi) is 54.0. The maximum absolute atomic E-state index is 12.9. The molecule has 0 aromatic heterocycles. The minimum atomic E-state index is -0.811. The molecule has 1 unspecified atom stereocenters. The standard InChI is InChI=1S/C64H104O6/c1-4-7-10-13-16-19-22-25-28-30-32-34-36-39-42-45-48-51-54-57-63(66)69-60-61(59-68-62(65)56-53-50-47-44-41-38-35-27-24-21-18-15-12-9-6-3)70-64(67)58-55-52-49-46-43-40-37-33-31-29-26-23-20-17-14-11-8-5-2/h7,10,13,16,18-19,21-22,24-25,27-28,30,32-34,36-37,39,42,61H,4-6,8-9,11-12,14-15,17,20,23,26,29,31,35,38,40-41,43-60H2,1-3H3/b10-7-,16-13-,21-18-,22-19-,27-24-,28-25-,32-30+,36-34-,37-33-,42-39-. The highest BCUT2D eigenvalue weighted by Gasteiger charge is 2.19. The molecule has 396 valence electrons. The van der Waals surface area contributed by atoms with Gasteiger partial charge in [-0.3, -0.25) is 14.4 Å². The maximum Gasteiger partial charge on any atom is 0.306 e. The van der Waals surface area contributed by atoms with E-state index in [9.17, 15) is 14.4 Å². The van der Waals surface area contributed by atoms with Crippen molar-refractivity contribution in [1.29, 1.82) is 0 Å². The molecule has 0 fully saturated rings. The molecular weight excluding hydrogens is 865 g/mol. The summed E-state index contributed by atoms with van der Waals surface area (Å²) in [4.78, 5) is 38.2. The quantitative estimate of drug-likeness (QED) is 0.0199. The zero-order valence-corrected chi connectivity index (χ0v) is 45.2. The van der Waals surface area contributed by atoms with E-state index in [2.05, 4.69) is 69.4 Å². The van der Waals surface area contributed by atoms with Crippen LogP contribution in [0.15, 0.2) is 122 Å². The van der Waals surface area contributed by atoms with Gasteiger partial charge in [0.2, 0.25) is 0 Å². The van der Waals surface area contributed by atoms with Crippen molar-refractivity contribution in [1.82, 2.24) is 0 Å². The normalized spacial score (nSPS) is 13.0. The highest BCUT2D eigenvalue weighted by Crippen LogP contribution is 2.14. The minimum Gasteiger partial charge on any atom is -0.462 e. The molecule has 0 saturated heterocycles. The van der Waals surface area contributed by atoms with Gasteiger partial charge in [-0.1, -0.05) is 258 Å². The van der Waals surface area contributed by atoms with Crippen LogP contribution in [0.4, 0.5) is 0 Å². The van der Waals surface area contributed by atoms with Crippen molar-refractivity contribution in [3.05, 3.63) is 122 Å². The van der Waals surface area contributed by atoms with E-state index in [1.54, 1.807) is 0 Å². The van der Waals surface area contributed by atoms with E-state index in [0.717, 1.165) is 96.3 Å². The van der Waals surface area contributed by atoms with E-state index in [4.69, 9.17) is 14.2 Å². The molecule has 70 heavy (non-hydrogen) atoms. The first kappa shape index (κ1) is 65.8. The molecule has 0 spiro atoms. The van der Waals surface area contributed by atoms with Crippen molar-refractivity contribution in [3.8, 4) is 0 Å². The van der Waals surface area contributed by atoms with Gasteiger partial charge in [0.25, 0.3) is 0 Å². The molecule has 0 radical (unpaired) electrons. The average molecular weight is 970 g/mol. The summed E-state index contributed by atoms with van der Waals surface area (Å²) in [5, 5.41) is 0. The third-order valence-corrected chi connectivity index (χ3v) is 11.9. The fourth-order valence-electron chi connectivity index (χ4n) is 7.59. The Hall–Kier alpha value is -4.19. The van der Waals surface area contributed by atoms with Crippen LogP contribution in [0.25, 0.3) is 0 Å². The Morgan fingerprint density at radius 2 is 0.571 bits per heavy atom. The lowest BCUT2D eigenvalue weighted by atomic mass is 10.1. The second-order valence-electron chi connectivity index (χ2n) is 18.7. The molecule has 0 aromatic rings. The van der Waals surface area contributed by atoms with E-state index in [1.807, 2.05) is 72.9 Å². The second-order valence-corrected chi connectivity index (χ2v) is 18.7. The van der Waals surface area contributed by atoms with Crippen LogP contribution in [0, 0.1) is 0 Å². The van der Waals surface area contributed by atoms with Crippen molar-refractivity contribution in [2.24, 2.45) is 0 Å². The van der Waals surface area contributed by atoms with E-state index < -0.39 is 6.10 Å². The van der Waals surface area contributed by atoms with Crippen molar-refractivity contribution in [2.45, 2.75) is 252 Å². The molecule has 0 aliphatic carbocycles. The zero-order valence-electron chi connectivity index (χ0n) is 45.2. The van der Waals surface area contributed by atoms with Gasteiger partial charge >= 0.3 is 17.9 Å². The lowest BCUT2D eigenvalue weighted by molar-refractivity contribution is -0.167. The van der Waals surface area contributed by atoms with Crippen molar-refractivity contribution < 1.29 is 28.6 Å². The molecule has 6 heteroatoms. The number of hydrogen-bond acceptors (Lipinski definition) is 6. The smallest absolute Gasteiger partial charge is 0.306 e. The van der Waals surface area contributed by atoms with Crippen molar-refractivity contribution in [3.63, 3.8) is 0 Å². The Balaban J connectivity index is 4.53. The Morgan fingerprint density at radius 1 is 0.300 bits per heavy atom. The third kappa shape index (κ3) is 54.7. The third-order valence-electron chi connectivity index (χ3n) is 11.9. The fraction of sp³-hybridized carbons (Fsp3) is 0.641. The minimum absolute atomic E-state index is 0.105. The summed E-state index contributed by atoms with van der Waals surface area (Å²) in [6.45, 7) is 6.41. The zero-order chi connectivity index (χ0) is 50.7. The number of carbonyl (C=O) groups excluding carboxylic acids is 3. The molecular formula is C64H104O6. The highest BCUT2D eigenvalue weighted by atomic mass is 16.6. The second kappa shape index (κ2) is 57.4. The summed E-state index contributed by atoms with van der Waals surface area (Å²) in [5.41, 5.74) is 0. The monoisotopic (exact) mass is 969 g/mol. The summed E-state index contributed by atoms with van der Waals surface area (Å²) in [6, 6.07) is 0. The number of allylic oxidation sites excluding steroid dienone is 20. The van der Waals surface area contributed by atoms with Crippen LogP contribution in [0.1, 0.15) is 245 Å². The van der Waals surface area contributed by atoms with E-state index in [0.29, 0.717) is 19.3 Å². The van der Waals surface area contributed by atoms with Gasteiger partial charge in [-0.2, -0.15) is 0 Å². The lowest BCUT2D eigenvalue weighted by Crippen LogP contribution is -2.30. The van der Waals surface area contributed by atoms with Crippen LogP contribution >= 0.6 is 0 Å². The largest absolute Gasteiger partial charge is 0.462 e. The van der Waals surface area contributed by atoms with Crippen LogP contribution in [-0.2, 0) is 28.6 Å². The summed E-state index contributed by atoms with van der Waals surface area (Å²) >= 11 is 0. The molecule has 0 bridgehead atoms. The van der Waals surface area contributed by atoms with E-state index in [1.165, 1.54) is 109 Å². The molecule has 0 aliphatic heterocycles. The molecule has 0 saturated carbocycles. The van der Waals surface area contributed by atoms with E-state index >= 15 is 0 Å². The van der Waals surface area contributed by atoms with Crippen molar-refractivity contribution in [2.75, 3.05) is 13.2 Å². The Labute approximate surface area is 431 Å². The molecule has 0 amide bonds. The van der Waals surface area contributed by atoms with Gasteiger partial charge < -0.3 is 14.2 Å². The van der Waals surface area contributed by atoms with Gasteiger partial charge in [-0.15, -0.1) is 0 Å². The SMILES string of the molecule is CC\C=C/C=C\C=C/C=C\C=C\C=C/C=C\CCCCCC(=O)OCC(COC(=O)CCCCCCCC/C=C\C=C/CCCCC)OC(=O)CCCCCCC/C=C\CCCCCCCCCCC. The van der Waals surface area contributed by atoms with Gasteiger partial charge in [0.05, 0.1) is 0 Å². The van der Waals surface area contributed by atoms with Crippen LogP contribution < -0.4 is 0 Å². The summed E-state index contributed by atoms with van der Waals surface area (Å²) in [6.07, 6.45) is 78.9. The van der Waals surface area contributed by atoms with Crippen LogP contribution in [0.2, 0.25) is 0 Å². The van der Waals surface area contributed by atoms with Crippen molar-refractivity contribution >= 4 is 17.9 Å². The molecule has 0 N–H and O–H groups in total. The number of ether oxygens (including phenoxy) is 3. The maximum atomic E-state index is 12.9. The summed E-state index contributed by atoms with van der Waals surface area (Å²) in [5.74, 6) is -0.972. The summed E-state index contributed by atoms with van der Waals surface area (Å²) < 4.78 is 16.8. The van der Waals surface area contributed by atoms with E-state index in [-0.39, 0.29) is 31.1 Å². The van der Waals surface area contributed by atoms with Gasteiger partial charge in [0, 0.05) is 19.3 Å². The van der Waals surface area contributed by atoms with Gasteiger partial charge in [0.15, 0.2) is 6.10 Å². The average Bonchev–Trinajstić information content (AvgIpc) is 3.36. The highest BCUT2D eigenvalue weighted by molar-refractivity contribution is 5.71. The first-order valence-corrected chi connectivity index (χ1v) is 28.7. The Morgan fingerprint density at radius 3 is 0.971 bits per heavy atom. The lowest BCUT2D eigenvalue weighted by Gasteiger charge is -2.18. The number of unbranched alkanes of at least 4 members (excludes halogenated alkanes) is 26. The predicted octanol–water partition coefficient (Wildman–Crippen LogP) is 19.3. The topological polar surface area (TPSA) is 78.9 Å². The molecule has 1 atom stereocenters. The number of hydrogen-bond donors (Lipinski definition) is 0. The number of carbonyl (C=O) groups is 3. The van der Waals surface area contributed by atoms with Gasteiger partial charge in [0.1, 0.15) is 13.2 Å². The Bertz CT molecular complexity index is 1490. The van der Waals surface area contributed by atoms with Crippen LogP contribution in [-0.4, -0.2) is 37.2 Å². The molecule has 0 rings (SSSR count). The molecule has 0 heterocycles. The first-order valence-electron chi connectivity index (χ1n) is 28.7. The van der Waals surface area contributed by atoms with Crippen LogP contribution in [0.5, 0.6) is 0 Å².